The number of rotatable bonds is 7. The minimum Gasteiger partial charge on any atom is -0.493 e. The topological polar surface area (TPSA) is 100 Å². The number of hydrogen-bond donors (Lipinski definition) is 0. The van der Waals surface area contributed by atoms with E-state index in [0.29, 0.717) is 23.3 Å². The van der Waals surface area contributed by atoms with Crippen LogP contribution in [0.3, 0.4) is 0 Å². The second-order valence-corrected chi connectivity index (χ2v) is 9.90. The molecule has 3 aromatic rings. The maximum Gasteiger partial charge on any atom is 0.387 e. The van der Waals surface area contributed by atoms with Crippen molar-refractivity contribution in [2.75, 3.05) is 18.6 Å². The number of nitrogens with zero attached hydrogens (tertiary/aromatic N) is 3. The van der Waals surface area contributed by atoms with Crippen LogP contribution in [0.5, 0.6) is 11.5 Å². The molecule has 174 valence electrons. The molecule has 0 spiro atoms. The van der Waals surface area contributed by atoms with Gasteiger partial charge in [0.05, 0.1) is 30.4 Å². The number of allylic oxidation sites excluding steroid dienone is 1. The van der Waals surface area contributed by atoms with E-state index in [0.717, 1.165) is 5.39 Å². The largest absolute Gasteiger partial charge is 0.493 e. The highest BCUT2D eigenvalue weighted by Crippen LogP contribution is 2.30. The van der Waals surface area contributed by atoms with Crippen molar-refractivity contribution < 1.29 is 31.5 Å². The van der Waals surface area contributed by atoms with E-state index < -0.39 is 16.4 Å². The predicted molar refractivity (Wildman–Crippen MR) is 118 cm³/mol. The third kappa shape index (κ3) is 4.87. The Labute approximate surface area is 188 Å². The average Bonchev–Trinajstić information content (AvgIpc) is 3.30. The van der Waals surface area contributed by atoms with Gasteiger partial charge in [-0.05, 0) is 55.3 Å². The van der Waals surface area contributed by atoms with Crippen molar-refractivity contribution in [1.29, 1.82) is 0 Å². The number of methoxy groups -OCH3 is 1. The number of ether oxygens (including phenoxy) is 2. The van der Waals surface area contributed by atoms with Gasteiger partial charge in [0.15, 0.2) is 32.8 Å². The molecule has 8 nitrogen and oxygen atoms in total. The molecule has 0 bridgehead atoms. The van der Waals surface area contributed by atoms with Crippen LogP contribution in [0, 0.1) is 6.92 Å². The lowest BCUT2D eigenvalue weighted by Crippen LogP contribution is -2.13. The van der Waals surface area contributed by atoms with Crippen molar-refractivity contribution in [1.82, 2.24) is 14.8 Å². The first-order valence-corrected chi connectivity index (χ1v) is 11.9. The molecule has 11 heteroatoms. The third-order valence-electron chi connectivity index (χ3n) is 5.40. The molecule has 0 saturated carbocycles. The molecule has 1 saturated heterocycles. The number of carbonyl (C=O) groups excluding carboxylic acids is 1. The van der Waals surface area contributed by atoms with Crippen molar-refractivity contribution in [2.45, 2.75) is 26.0 Å². The Balaban J connectivity index is 1.56. The molecule has 0 N–H and O–H groups in total. The van der Waals surface area contributed by atoms with E-state index in [1.807, 2.05) is 13.0 Å². The van der Waals surface area contributed by atoms with Gasteiger partial charge in [-0.25, -0.2) is 18.1 Å². The molecular weight excluding hydrogens is 456 g/mol. The molecule has 3 heterocycles. The van der Waals surface area contributed by atoms with Crippen molar-refractivity contribution in [3.05, 3.63) is 53.4 Å². The van der Waals surface area contributed by atoms with Crippen LogP contribution in [0.2, 0.25) is 0 Å². The molecule has 0 amide bonds. The van der Waals surface area contributed by atoms with Gasteiger partial charge >= 0.3 is 6.61 Å². The number of hydrogen-bond acceptors (Lipinski definition) is 7. The molecule has 0 aliphatic carbocycles. The standard InChI is InChI=1S/C22H21F2N3O5S/c1-13-17-9-14(11-25-21(17)27(26-13)16-7-8-33(29,30)12-16)3-5-18(28)15-4-6-19(32-22(23)24)20(10-15)31-2/h3-6,9-11,16,22H,7-8,12H2,1-2H3. The summed E-state index contributed by atoms with van der Waals surface area (Å²) in [5.74, 6) is -0.312. The lowest BCUT2D eigenvalue weighted by Gasteiger charge is -2.10. The smallest absolute Gasteiger partial charge is 0.387 e. The van der Waals surface area contributed by atoms with Crippen LogP contribution >= 0.6 is 0 Å². The van der Waals surface area contributed by atoms with Gasteiger partial charge in [-0.2, -0.15) is 13.9 Å². The molecule has 1 aliphatic rings. The molecule has 1 unspecified atom stereocenters. The summed E-state index contributed by atoms with van der Waals surface area (Å²) < 4.78 is 59.7. The van der Waals surface area contributed by atoms with Crippen molar-refractivity contribution >= 4 is 32.7 Å². The van der Waals surface area contributed by atoms with Gasteiger partial charge < -0.3 is 9.47 Å². The Hall–Kier alpha value is -3.34. The number of alkyl halides is 2. The Kier molecular flexibility index (Phi) is 6.15. The Bertz CT molecular complexity index is 1350. The summed E-state index contributed by atoms with van der Waals surface area (Å²) in [4.78, 5) is 17.0. The number of fused-ring (bicyclic) bond motifs is 1. The Morgan fingerprint density at radius 2 is 2.06 bits per heavy atom. The van der Waals surface area contributed by atoms with Crippen LogP contribution in [0.1, 0.15) is 34.1 Å². The minimum atomic E-state index is -3.06. The van der Waals surface area contributed by atoms with E-state index >= 15 is 0 Å². The number of aryl methyl sites for hydroxylation is 1. The second kappa shape index (κ2) is 8.89. The van der Waals surface area contributed by atoms with Crippen molar-refractivity contribution in [3.63, 3.8) is 0 Å². The molecule has 4 rings (SSSR count). The Morgan fingerprint density at radius 1 is 1.27 bits per heavy atom. The fraction of sp³-hybridized carbons (Fsp3) is 0.318. The SMILES string of the molecule is COc1cc(C(=O)C=Cc2cnc3c(c2)c(C)nn3C2CCS(=O)(=O)C2)ccc1OC(F)F. The first-order chi connectivity index (χ1) is 15.7. The van der Waals surface area contributed by atoms with Crippen molar-refractivity contribution in [2.24, 2.45) is 0 Å². The van der Waals surface area contributed by atoms with Crippen LogP contribution in [0.15, 0.2) is 36.5 Å². The minimum absolute atomic E-state index is 0.0228. The van der Waals surface area contributed by atoms with Gasteiger partial charge in [-0.15, -0.1) is 0 Å². The van der Waals surface area contributed by atoms with Crippen molar-refractivity contribution in [3.8, 4) is 11.5 Å². The second-order valence-electron chi connectivity index (χ2n) is 7.67. The number of ketones is 1. The van der Waals surface area contributed by atoms with E-state index in [1.54, 1.807) is 17.0 Å². The highest BCUT2D eigenvalue weighted by Gasteiger charge is 2.31. The Morgan fingerprint density at radius 3 is 2.73 bits per heavy atom. The molecule has 1 aliphatic heterocycles. The fourth-order valence-electron chi connectivity index (χ4n) is 3.78. The average molecular weight is 477 g/mol. The van der Waals surface area contributed by atoms with Gasteiger partial charge in [-0.1, -0.05) is 0 Å². The maximum absolute atomic E-state index is 12.6. The summed E-state index contributed by atoms with van der Waals surface area (Å²) in [6, 6.07) is 5.54. The quantitative estimate of drug-likeness (QED) is 0.379. The molecule has 1 fully saturated rings. The van der Waals surface area contributed by atoms with Crippen LogP contribution in [0.4, 0.5) is 8.78 Å². The monoisotopic (exact) mass is 477 g/mol. The normalized spacial score (nSPS) is 17.8. The third-order valence-corrected chi connectivity index (χ3v) is 7.15. The predicted octanol–water partition coefficient (Wildman–Crippen LogP) is 3.61. The number of benzene rings is 1. The highest BCUT2D eigenvalue weighted by atomic mass is 32.2. The van der Waals surface area contributed by atoms with Crippen LogP contribution < -0.4 is 9.47 Å². The molecule has 33 heavy (non-hydrogen) atoms. The van der Waals surface area contributed by atoms with E-state index in [1.165, 1.54) is 31.4 Å². The summed E-state index contributed by atoms with van der Waals surface area (Å²) in [7, 11) is -1.77. The van der Waals surface area contributed by atoms with Gasteiger partial charge in [0.1, 0.15) is 0 Å². The summed E-state index contributed by atoms with van der Waals surface area (Å²) in [5, 5.41) is 5.26. The zero-order valence-corrected chi connectivity index (χ0v) is 18.7. The maximum atomic E-state index is 12.6. The summed E-state index contributed by atoms with van der Waals surface area (Å²) >= 11 is 0. The number of carbonyl (C=O) groups is 1. The molecule has 1 atom stereocenters. The summed E-state index contributed by atoms with van der Waals surface area (Å²) in [6.45, 7) is -1.19. The lowest BCUT2D eigenvalue weighted by molar-refractivity contribution is -0.0512. The van der Waals surface area contributed by atoms with E-state index in [4.69, 9.17) is 4.74 Å². The fourth-order valence-corrected chi connectivity index (χ4v) is 5.47. The lowest BCUT2D eigenvalue weighted by atomic mass is 10.1. The van der Waals surface area contributed by atoms with E-state index in [-0.39, 0.29) is 40.4 Å². The van der Waals surface area contributed by atoms with E-state index in [9.17, 15) is 22.0 Å². The number of aromatic nitrogens is 3. The number of pyridine rings is 1. The molecule has 2 aromatic heterocycles. The zero-order valence-electron chi connectivity index (χ0n) is 17.9. The first-order valence-electron chi connectivity index (χ1n) is 10.1. The first kappa shape index (κ1) is 22.8. The summed E-state index contributed by atoms with van der Waals surface area (Å²) in [5.41, 5.74) is 2.20. The van der Waals surface area contributed by atoms with Crippen LogP contribution in [-0.4, -0.2) is 54.2 Å². The molecular formula is C22H21F2N3O5S. The highest BCUT2D eigenvalue weighted by molar-refractivity contribution is 7.91. The van der Waals surface area contributed by atoms with E-state index in [2.05, 4.69) is 14.8 Å². The van der Waals surface area contributed by atoms with Crippen LogP contribution in [-0.2, 0) is 9.84 Å². The van der Waals surface area contributed by atoms with Gasteiger partial charge in [0.2, 0.25) is 0 Å². The number of sulfone groups is 1. The zero-order chi connectivity index (χ0) is 23.8. The van der Waals surface area contributed by atoms with Gasteiger partial charge in [0, 0.05) is 17.1 Å². The summed E-state index contributed by atoms with van der Waals surface area (Å²) in [6.07, 6.45) is 5.00. The van der Waals surface area contributed by atoms with Crippen LogP contribution in [0.25, 0.3) is 17.1 Å². The number of halogens is 2. The van der Waals surface area contributed by atoms with Gasteiger partial charge in [-0.3, -0.25) is 4.79 Å². The molecule has 1 aromatic carbocycles. The van der Waals surface area contributed by atoms with Gasteiger partial charge in [0.25, 0.3) is 0 Å². The molecule has 0 radical (unpaired) electrons.